The molecular formula is C26H25FN6O3. The van der Waals surface area contributed by atoms with Crippen LogP contribution in [-0.2, 0) is 4.79 Å². The Hall–Kier alpha value is -3.82. The van der Waals surface area contributed by atoms with Crippen LogP contribution in [0.2, 0.25) is 0 Å². The number of H-pyrrole nitrogens is 1. The van der Waals surface area contributed by atoms with Crippen molar-refractivity contribution in [3.63, 3.8) is 0 Å². The highest BCUT2D eigenvalue weighted by molar-refractivity contribution is 5.89. The van der Waals surface area contributed by atoms with Gasteiger partial charge in [-0.15, -0.1) is 0 Å². The zero-order valence-electron chi connectivity index (χ0n) is 19.4. The summed E-state index contributed by atoms with van der Waals surface area (Å²) in [6, 6.07) is 6.80. The van der Waals surface area contributed by atoms with E-state index in [1.165, 1.54) is 6.07 Å². The molecule has 9 nitrogen and oxygen atoms in total. The average Bonchev–Trinajstić information content (AvgIpc) is 3.46. The predicted molar refractivity (Wildman–Crippen MR) is 129 cm³/mol. The number of fused-ring (bicyclic) bond motifs is 4. The summed E-state index contributed by atoms with van der Waals surface area (Å²) in [5.74, 6) is 1.51. The van der Waals surface area contributed by atoms with Gasteiger partial charge in [-0.1, -0.05) is 0 Å². The smallest absolute Gasteiger partial charge is 0.308 e. The predicted octanol–water partition coefficient (Wildman–Crippen LogP) is 4.99. The number of carboxylic acid groups (broad SMARTS) is 1. The number of hydrogen-bond acceptors (Lipinski definition) is 7. The number of hydrogen-bond donors (Lipinski definition) is 3. The standard InChI is InChI=1S/C26H25FN6O3/c27-15-9-16-23(32-33-24(16)28-11-15)25-29-17(19-8-7-18(36-19)12-1-2-12)10-20(31-25)30-22-14-5-3-13(4-6-14)21(22)26(34)35/h7-14,21-22H,1-6H2,(H,34,35)(H,28,32,33)(H,29,30,31). The van der Waals surface area contributed by atoms with Crippen molar-refractivity contribution in [2.24, 2.45) is 17.8 Å². The van der Waals surface area contributed by atoms with Crippen molar-refractivity contribution in [1.29, 1.82) is 0 Å². The molecule has 0 amide bonds. The minimum Gasteiger partial charge on any atom is -0.481 e. The molecule has 4 aliphatic carbocycles. The van der Waals surface area contributed by atoms with Crippen molar-refractivity contribution in [3.8, 4) is 23.0 Å². The number of nitrogens with zero attached hydrogens (tertiary/aromatic N) is 4. The maximum Gasteiger partial charge on any atom is 0.308 e. The zero-order chi connectivity index (χ0) is 24.4. The molecule has 0 saturated heterocycles. The fourth-order valence-corrected chi connectivity index (χ4v) is 6.06. The maximum absolute atomic E-state index is 14.0. The summed E-state index contributed by atoms with van der Waals surface area (Å²) in [5.41, 5.74) is 1.36. The summed E-state index contributed by atoms with van der Waals surface area (Å²) in [6.45, 7) is 0. The van der Waals surface area contributed by atoms with E-state index in [4.69, 9.17) is 14.4 Å². The van der Waals surface area contributed by atoms with Gasteiger partial charge >= 0.3 is 5.97 Å². The highest BCUT2D eigenvalue weighted by atomic mass is 19.1. The molecule has 8 rings (SSSR count). The van der Waals surface area contributed by atoms with Crippen LogP contribution in [0.4, 0.5) is 10.2 Å². The number of rotatable bonds is 6. The van der Waals surface area contributed by atoms with Gasteiger partial charge in [-0.05, 0) is 68.6 Å². The van der Waals surface area contributed by atoms with Crippen molar-refractivity contribution < 1.29 is 18.7 Å². The van der Waals surface area contributed by atoms with Gasteiger partial charge in [0.2, 0.25) is 0 Å². The Morgan fingerprint density at radius 3 is 2.67 bits per heavy atom. The number of furan rings is 1. The number of nitrogens with one attached hydrogen (secondary N) is 2. The average molecular weight is 489 g/mol. The van der Waals surface area contributed by atoms with E-state index in [0.29, 0.717) is 39.9 Å². The number of carbonyl (C=O) groups is 1. The molecule has 0 radical (unpaired) electrons. The normalized spacial score (nSPS) is 25.4. The lowest BCUT2D eigenvalue weighted by atomic mass is 9.61. The van der Waals surface area contributed by atoms with E-state index in [0.717, 1.165) is 50.5 Å². The summed E-state index contributed by atoms with van der Waals surface area (Å²) in [6.07, 6.45) is 7.29. The number of aliphatic carboxylic acids is 1. The van der Waals surface area contributed by atoms with Crippen LogP contribution < -0.4 is 5.32 Å². The Kier molecular flexibility index (Phi) is 4.83. The molecule has 4 saturated carbocycles. The van der Waals surface area contributed by atoms with Gasteiger partial charge in [0, 0.05) is 18.0 Å². The topological polar surface area (TPSA) is 130 Å². The summed E-state index contributed by atoms with van der Waals surface area (Å²) in [7, 11) is 0. The number of carboxylic acids is 1. The number of aromatic nitrogens is 5. The summed E-state index contributed by atoms with van der Waals surface area (Å²) < 4.78 is 20.1. The molecule has 2 bridgehead atoms. The zero-order valence-corrected chi connectivity index (χ0v) is 19.4. The van der Waals surface area contributed by atoms with Gasteiger partial charge in [0.1, 0.15) is 28.8 Å². The van der Waals surface area contributed by atoms with Gasteiger partial charge in [-0.2, -0.15) is 5.10 Å². The van der Waals surface area contributed by atoms with Crippen LogP contribution in [0.5, 0.6) is 0 Å². The van der Waals surface area contributed by atoms with Crippen molar-refractivity contribution in [2.45, 2.75) is 50.5 Å². The molecule has 3 N–H and O–H groups in total. The highest BCUT2D eigenvalue weighted by Gasteiger charge is 2.47. The van der Waals surface area contributed by atoms with Crippen LogP contribution in [0.15, 0.2) is 34.9 Å². The van der Waals surface area contributed by atoms with Gasteiger partial charge in [0.15, 0.2) is 17.2 Å². The van der Waals surface area contributed by atoms with Crippen molar-refractivity contribution in [3.05, 3.63) is 42.0 Å². The van der Waals surface area contributed by atoms with E-state index < -0.39 is 17.7 Å². The summed E-state index contributed by atoms with van der Waals surface area (Å²) in [5, 5.41) is 21.1. The molecule has 184 valence electrons. The molecule has 4 aliphatic rings. The Labute approximate surface area is 205 Å². The van der Waals surface area contributed by atoms with E-state index in [1.54, 1.807) is 6.07 Å². The van der Waals surface area contributed by atoms with Crippen molar-refractivity contribution >= 4 is 22.8 Å². The Bertz CT molecular complexity index is 1470. The Balaban J connectivity index is 1.32. The van der Waals surface area contributed by atoms with Crippen LogP contribution in [0.1, 0.15) is 50.2 Å². The molecule has 0 spiro atoms. The third-order valence-corrected chi connectivity index (χ3v) is 8.00. The molecule has 36 heavy (non-hydrogen) atoms. The minimum absolute atomic E-state index is 0.168. The largest absolute Gasteiger partial charge is 0.481 e. The van der Waals surface area contributed by atoms with Crippen molar-refractivity contribution in [2.75, 3.05) is 5.32 Å². The molecule has 2 atom stereocenters. The van der Waals surface area contributed by atoms with Crippen LogP contribution in [0.25, 0.3) is 34.0 Å². The van der Waals surface area contributed by atoms with E-state index in [2.05, 4.69) is 20.5 Å². The fraction of sp³-hybridized carbons (Fsp3) is 0.423. The lowest BCUT2D eigenvalue weighted by molar-refractivity contribution is -0.148. The first-order valence-electron chi connectivity index (χ1n) is 12.5. The Morgan fingerprint density at radius 1 is 1.08 bits per heavy atom. The minimum atomic E-state index is -0.767. The Morgan fingerprint density at radius 2 is 1.89 bits per heavy atom. The first kappa shape index (κ1) is 21.5. The summed E-state index contributed by atoms with van der Waals surface area (Å²) >= 11 is 0. The van der Waals surface area contributed by atoms with Gasteiger partial charge in [-0.3, -0.25) is 9.89 Å². The van der Waals surface area contributed by atoms with Gasteiger partial charge < -0.3 is 14.8 Å². The maximum atomic E-state index is 14.0. The highest BCUT2D eigenvalue weighted by Crippen LogP contribution is 2.47. The molecule has 4 heterocycles. The van der Waals surface area contributed by atoms with E-state index in [9.17, 15) is 14.3 Å². The molecular weight excluding hydrogens is 463 g/mol. The third kappa shape index (κ3) is 3.63. The van der Waals surface area contributed by atoms with Crippen LogP contribution in [-0.4, -0.2) is 42.3 Å². The number of aromatic amines is 1. The lowest BCUT2D eigenvalue weighted by Gasteiger charge is -2.47. The molecule has 2 unspecified atom stereocenters. The molecule has 4 aromatic rings. The van der Waals surface area contributed by atoms with Gasteiger partial charge in [-0.25, -0.2) is 19.3 Å². The second-order valence-corrected chi connectivity index (χ2v) is 10.3. The first-order valence-corrected chi connectivity index (χ1v) is 12.5. The van der Waals surface area contributed by atoms with Crippen LogP contribution in [0, 0.1) is 23.6 Å². The first-order chi connectivity index (χ1) is 17.5. The summed E-state index contributed by atoms with van der Waals surface area (Å²) in [4.78, 5) is 25.7. The van der Waals surface area contributed by atoms with Gasteiger partial charge in [0.25, 0.3) is 0 Å². The second kappa shape index (κ2) is 8.11. The SMILES string of the molecule is O=C(O)C1C2CCC(CC2)C1Nc1cc(-c2ccc(C3CC3)o2)nc(-c2n[nH]c3ncc(F)cc23)n1. The van der Waals surface area contributed by atoms with Crippen LogP contribution in [0.3, 0.4) is 0 Å². The second-order valence-electron chi connectivity index (χ2n) is 10.3. The van der Waals surface area contributed by atoms with E-state index in [1.807, 2.05) is 12.1 Å². The molecule has 10 heteroatoms. The van der Waals surface area contributed by atoms with Crippen molar-refractivity contribution in [1.82, 2.24) is 25.1 Å². The molecule has 0 aliphatic heterocycles. The van der Waals surface area contributed by atoms with Gasteiger partial charge in [0.05, 0.1) is 17.5 Å². The molecule has 4 fully saturated rings. The monoisotopic (exact) mass is 488 g/mol. The number of halogens is 1. The molecule has 0 aromatic carbocycles. The fourth-order valence-electron chi connectivity index (χ4n) is 6.06. The number of pyridine rings is 1. The van der Waals surface area contributed by atoms with E-state index >= 15 is 0 Å². The number of anilines is 1. The van der Waals surface area contributed by atoms with Crippen LogP contribution >= 0.6 is 0 Å². The molecule has 4 aromatic heterocycles. The third-order valence-electron chi connectivity index (χ3n) is 8.00. The lowest BCUT2D eigenvalue weighted by Crippen LogP contribution is -2.51. The quantitative estimate of drug-likeness (QED) is 0.346. The van der Waals surface area contributed by atoms with E-state index in [-0.39, 0.29) is 23.7 Å².